The zero-order chi connectivity index (χ0) is 7.72. The van der Waals surface area contributed by atoms with E-state index in [1.807, 2.05) is 0 Å². The molecular weight excluding hydrogens is 140 g/mol. The molecule has 10 heavy (non-hydrogen) atoms. The lowest BCUT2D eigenvalue weighted by molar-refractivity contribution is -0.162. The van der Waals surface area contributed by atoms with Crippen LogP contribution in [0.3, 0.4) is 0 Å². The van der Waals surface area contributed by atoms with Crippen molar-refractivity contribution in [3.63, 3.8) is 0 Å². The predicted octanol–water partition coefficient (Wildman–Crippen LogP) is -1.46. The SMILES string of the molecule is O=C(O)[C@H]1O[C@H](O)C[C@@H]1O. The van der Waals surface area contributed by atoms with Crippen LogP contribution >= 0.6 is 0 Å². The van der Waals surface area contributed by atoms with Gasteiger partial charge in [-0.1, -0.05) is 0 Å². The van der Waals surface area contributed by atoms with Gasteiger partial charge in [-0.05, 0) is 0 Å². The van der Waals surface area contributed by atoms with Crippen LogP contribution in [0.15, 0.2) is 0 Å². The maximum absolute atomic E-state index is 10.2. The van der Waals surface area contributed by atoms with Crippen LogP contribution in [-0.4, -0.2) is 39.8 Å². The van der Waals surface area contributed by atoms with Gasteiger partial charge in [0.1, 0.15) is 0 Å². The highest BCUT2D eigenvalue weighted by atomic mass is 16.6. The third-order valence-corrected chi connectivity index (χ3v) is 1.34. The van der Waals surface area contributed by atoms with Crippen molar-refractivity contribution in [2.45, 2.75) is 24.9 Å². The van der Waals surface area contributed by atoms with Gasteiger partial charge in [0.15, 0.2) is 12.4 Å². The van der Waals surface area contributed by atoms with Gasteiger partial charge in [-0.3, -0.25) is 0 Å². The van der Waals surface area contributed by atoms with E-state index in [1.165, 1.54) is 0 Å². The first-order chi connectivity index (χ1) is 4.61. The van der Waals surface area contributed by atoms with Crippen molar-refractivity contribution in [3.8, 4) is 0 Å². The molecule has 58 valence electrons. The lowest BCUT2D eigenvalue weighted by Gasteiger charge is -2.06. The summed E-state index contributed by atoms with van der Waals surface area (Å²) in [7, 11) is 0. The van der Waals surface area contributed by atoms with Crippen molar-refractivity contribution in [1.29, 1.82) is 0 Å². The summed E-state index contributed by atoms with van der Waals surface area (Å²) in [4.78, 5) is 10.2. The molecule has 0 aromatic carbocycles. The summed E-state index contributed by atoms with van der Waals surface area (Å²) in [6.45, 7) is 0. The zero-order valence-electron chi connectivity index (χ0n) is 5.10. The highest BCUT2D eigenvalue weighted by molar-refractivity contribution is 5.73. The number of hydrogen-bond donors (Lipinski definition) is 3. The molecule has 0 spiro atoms. The number of carbonyl (C=O) groups is 1. The van der Waals surface area contributed by atoms with Gasteiger partial charge < -0.3 is 20.1 Å². The molecule has 1 heterocycles. The van der Waals surface area contributed by atoms with E-state index in [-0.39, 0.29) is 6.42 Å². The lowest BCUT2D eigenvalue weighted by atomic mass is 10.2. The lowest BCUT2D eigenvalue weighted by Crippen LogP contribution is -2.29. The van der Waals surface area contributed by atoms with E-state index < -0.39 is 24.5 Å². The van der Waals surface area contributed by atoms with E-state index in [2.05, 4.69) is 4.74 Å². The minimum Gasteiger partial charge on any atom is -0.479 e. The molecule has 0 saturated carbocycles. The van der Waals surface area contributed by atoms with Crippen LogP contribution in [0, 0.1) is 0 Å². The smallest absolute Gasteiger partial charge is 0.335 e. The van der Waals surface area contributed by atoms with Crippen molar-refractivity contribution in [2.24, 2.45) is 0 Å². The fourth-order valence-electron chi connectivity index (χ4n) is 0.868. The maximum atomic E-state index is 10.2. The Hall–Kier alpha value is -0.650. The van der Waals surface area contributed by atoms with Crippen molar-refractivity contribution in [3.05, 3.63) is 0 Å². The van der Waals surface area contributed by atoms with Crippen molar-refractivity contribution >= 4 is 5.97 Å². The largest absolute Gasteiger partial charge is 0.479 e. The monoisotopic (exact) mass is 148 g/mol. The van der Waals surface area contributed by atoms with Gasteiger partial charge in [0.2, 0.25) is 0 Å². The normalized spacial score (nSPS) is 40.0. The molecule has 3 atom stereocenters. The maximum Gasteiger partial charge on any atom is 0.335 e. The first-order valence-electron chi connectivity index (χ1n) is 2.85. The topological polar surface area (TPSA) is 87.0 Å². The summed E-state index contributed by atoms with van der Waals surface area (Å²) in [5.41, 5.74) is 0. The van der Waals surface area contributed by atoms with Gasteiger partial charge in [0, 0.05) is 6.42 Å². The summed E-state index contributed by atoms with van der Waals surface area (Å²) in [6, 6.07) is 0. The first-order valence-corrected chi connectivity index (χ1v) is 2.85. The summed E-state index contributed by atoms with van der Waals surface area (Å²) >= 11 is 0. The molecule has 3 N–H and O–H groups in total. The molecule has 5 heteroatoms. The van der Waals surface area contributed by atoms with E-state index in [9.17, 15) is 4.79 Å². The van der Waals surface area contributed by atoms with Crippen molar-refractivity contribution in [1.82, 2.24) is 0 Å². The molecule has 5 nitrogen and oxygen atoms in total. The second-order valence-electron chi connectivity index (χ2n) is 2.15. The minimum absolute atomic E-state index is 0.0308. The second-order valence-corrected chi connectivity index (χ2v) is 2.15. The first kappa shape index (κ1) is 7.46. The van der Waals surface area contributed by atoms with Gasteiger partial charge >= 0.3 is 5.97 Å². The number of aliphatic hydroxyl groups excluding tert-OH is 2. The average Bonchev–Trinajstić information content (AvgIpc) is 2.10. The summed E-state index contributed by atoms with van der Waals surface area (Å²) < 4.78 is 4.44. The number of carboxylic acids is 1. The number of rotatable bonds is 1. The Bertz CT molecular complexity index is 145. The summed E-state index contributed by atoms with van der Waals surface area (Å²) in [5.74, 6) is -1.25. The summed E-state index contributed by atoms with van der Waals surface area (Å²) in [6.07, 6.45) is -3.53. The molecule has 1 fully saturated rings. The summed E-state index contributed by atoms with van der Waals surface area (Å²) in [5, 5.41) is 25.8. The molecule has 1 rings (SSSR count). The van der Waals surface area contributed by atoms with Gasteiger partial charge in [-0.15, -0.1) is 0 Å². The molecule has 0 aromatic rings. The molecule has 0 aliphatic carbocycles. The Balaban J connectivity index is 2.54. The van der Waals surface area contributed by atoms with Crippen LogP contribution in [0.5, 0.6) is 0 Å². The molecule has 0 amide bonds. The van der Waals surface area contributed by atoms with Crippen LogP contribution in [0.25, 0.3) is 0 Å². The quantitative estimate of drug-likeness (QED) is 0.423. The Morgan fingerprint density at radius 3 is 2.30 bits per heavy atom. The van der Waals surface area contributed by atoms with Crippen LogP contribution in [0.2, 0.25) is 0 Å². The van der Waals surface area contributed by atoms with Gasteiger partial charge in [-0.2, -0.15) is 0 Å². The van der Waals surface area contributed by atoms with Gasteiger partial charge in [-0.25, -0.2) is 4.79 Å². The molecule has 0 radical (unpaired) electrons. The van der Waals surface area contributed by atoms with Crippen LogP contribution in [-0.2, 0) is 9.53 Å². The number of aliphatic hydroxyl groups is 2. The van der Waals surface area contributed by atoms with Crippen molar-refractivity contribution < 1.29 is 24.9 Å². The number of hydrogen-bond acceptors (Lipinski definition) is 4. The van der Waals surface area contributed by atoms with Crippen LogP contribution < -0.4 is 0 Å². The second kappa shape index (κ2) is 2.53. The van der Waals surface area contributed by atoms with Crippen LogP contribution in [0.1, 0.15) is 6.42 Å². The van der Waals surface area contributed by atoms with E-state index in [0.29, 0.717) is 0 Å². The van der Waals surface area contributed by atoms with Crippen LogP contribution in [0.4, 0.5) is 0 Å². The Labute approximate surface area is 56.9 Å². The molecule has 1 saturated heterocycles. The molecule has 1 aliphatic rings. The average molecular weight is 148 g/mol. The molecule has 0 bridgehead atoms. The minimum atomic E-state index is -1.27. The van der Waals surface area contributed by atoms with E-state index in [1.54, 1.807) is 0 Å². The van der Waals surface area contributed by atoms with E-state index in [4.69, 9.17) is 15.3 Å². The Kier molecular flexibility index (Phi) is 1.89. The number of aliphatic carboxylic acids is 1. The molecule has 1 aliphatic heterocycles. The zero-order valence-corrected chi connectivity index (χ0v) is 5.10. The fraction of sp³-hybridized carbons (Fsp3) is 0.800. The Morgan fingerprint density at radius 1 is 1.50 bits per heavy atom. The van der Waals surface area contributed by atoms with Gasteiger partial charge in [0.25, 0.3) is 0 Å². The highest BCUT2D eigenvalue weighted by Crippen LogP contribution is 2.18. The third kappa shape index (κ3) is 1.26. The van der Waals surface area contributed by atoms with Gasteiger partial charge in [0.05, 0.1) is 6.10 Å². The fourth-order valence-corrected chi connectivity index (χ4v) is 0.868. The van der Waals surface area contributed by atoms with E-state index in [0.717, 1.165) is 0 Å². The standard InChI is InChI=1S/C5H8O5/c6-2-1-3(7)10-4(2)5(8)9/h2-4,6-7H,1H2,(H,8,9)/t2-,3-,4-/m0/s1. The number of carboxylic acid groups (broad SMARTS) is 1. The molecule has 0 aromatic heterocycles. The van der Waals surface area contributed by atoms with Crippen molar-refractivity contribution in [2.75, 3.05) is 0 Å². The highest BCUT2D eigenvalue weighted by Gasteiger charge is 2.37. The Morgan fingerprint density at radius 2 is 2.10 bits per heavy atom. The molecular formula is C5H8O5. The van der Waals surface area contributed by atoms with E-state index >= 15 is 0 Å². The third-order valence-electron chi connectivity index (χ3n) is 1.34. The molecule has 0 unspecified atom stereocenters. The predicted molar refractivity (Wildman–Crippen MR) is 29.1 cm³/mol. The number of ether oxygens (including phenoxy) is 1.